The highest BCUT2D eigenvalue weighted by Gasteiger charge is 2.41. The number of ether oxygens (including phenoxy) is 2. The first-order valence-electron chi connectivity index (χ1n) is 19.8. The lowest BCUT2D eigenvalue weighted by Gasteiger charge is -2.36. The second-order valence-corrected chi connectivity index (χ2v) is 27.7. The first-order valence-corrected chi connectivity index (χ1v) is 26.8. The second-order valence-electron chi connectivity index (χ2n) is 17.6. The summed E-state index contributed by atoms with van der Waals surface area (Å²) in [5, 5.41) is 2.86. The van der Waals surface area contributed by atoms with Crippen LogP contribution in [0.25, 0.3) is 22.3 Å². The van der Waals surface area contributed by atoms with Crippen molar-refractivity contribution in [2.45, 2.75) is 53.1 Å². The monoisotopic (exact) mass is 761 g/mol. The Hall–Kier alpha value is -5.56. The molecule has 0 atom stereocenters. The van der Waals surface area contributed by atoms with Gasteiger partial charge in [-0.2, -0.15) is 0 Å². The fraction of sp³-hybridized carbons (Fsp3) is 0.160. The molecule has 7 aromatic rings. The lowest BCUT2D eigenvalue weighted by molar-refractivity contribution is 0.465. The fourth-order valence-electron chi connectivity index (χ4n) is 8.27. The predicted octanol–water partition coefficient (Wildman–Crippen LogP) is 10.9. The Balaban J connectivity index is 1.29. The van der Waals surface area contributed by atoms with Crippen molar-refractivity contribution in [1.82, 2.24) is 0 Å². The van der Waals surface area contributed by atoms with Crippen molar-refractivity contribution in [3.05, 3.63) is 157 Å². The van der Waals surface area contributed by atoms with Crippen molar-refractivity contribution in [3.63, 3.8) is 0 Å². The summed E-state index contributed by atoms with van der Waals surface area (Å²) in [5.74, 6) is 3.43. The van der Waals surface area contributed by atoms with E-state index in [1.807, 2.05) is 0 Å². The standard InChI is InChI=1S/C50H48BNO2Si2/c1-33-19-23-40(55(3,4)5)31-44(33)52(45-32-41(56(6,7)8)24-20-34(45)2)39-29-48-50-49(30-39)54-47-28-38(36-17-13-10-14-18-36)22-26-43(47)51(50)42-25-21-37(27-46(42)53-48)35-15-11-9-12-16-35/h9-32H,1-8H3. The molecule has 0 saturated heterocycles. The number of nitrogens with zero attached hydrogens (tertiary/aromatic N) is 1. The van der Waals surface area contributed by atoms with Gasteiger partial charge in [-0.25, -0.2) is 0 Å². The molecule has 7 aromatic carbocycles. The van der Waals surface area contributed by atoms with E-state index in [1.54, 1.807) is 0 Å². The van der Waals surface area contributed by atoms with Crippen LogP contribution in [0.2, 0.25) is 39.3 Å². The Morgan fingerprint density at radius 1 is 0.429 bits per heavy atom. The van der Waals surface area contributed by atoms with Gasteiger partial charge in [0.05, 0.1) is 21.8 Å². The number of aryl methyl sites for hydroxylation is 2. The zero-order chi connectivity index (χ0) is 38.9. The molecule has 2 heterocycles. The molecule has 0 saturated carbocycles. The Bertz CT molecular complexity index is 2470. The molecule has 56 heavy (non-hydrogen) atoms. The molecule has 2 aliphatic heterocycles. The summed E-state index contributed by atoms with van der Waals surface area (Å²) in [5.41, 5.74) is 13.8. The van der Waals surface area contributed by atoms with Crippen molar-refractivity contribution in [2.24, 2.45) is 0 Å². The van der Waals surface area contributed by atoms with E-state index in [4.69, 9.17) is 9.47 Å². The number of rotatable bonds is 7. The van der Waals surface area contributed by atoms with Gasteiger partial charge < -0.3 is 14.4 Å². The van der Waals surface area contributed by atoms with E-state index >= 15 is 0 Å². The van der Waals surface area contributed by atoms with Crippen LogP contribution in [0, 0.1) is 13.8 Å². The van der Waals surface area contributed by atoms with Gasteiger partial charge in [0.15, 0.2) is 0 Å². The number of benzene rings is 7. The number of hydrogen-bond donors (Lipinski definition) is 0. The highest BCUT2D eigenvalue weighted by molar-refractivity contribution is 6.98. The number of anilines is 3. The van der Waals surface area contributed by atoms with Crippen molar-refractivity contribution in [3.8, 4) is 45.3 Å². The van der Waals surface area contributed by atoms with Crippen molar-refractivity contribution < 1.29 is 9.47 Å². The lowest BCUT2D eigenvalue weighted by Crippen LogP contribution is -2.57. The van der Waals surface area contributed by atoms with E-state index in [0.29, 0.717) is 0 Å². The van der Waals surface area contributed by atoms with Crippen LogP contribution < -0.4 is 41.1 Å². The summed E-state index contributed by atoms with van der Waals surface area (Å²) in [6.45, 7) is 19.0. The molecule has 0 aromatic heterocycles. The van der Waals surface area contributed by atoms with E-state index in [2.05, 4.69) is 204 Å². The van der Waals surface area contributed by atoms with E-state index in [9.17, 15) is 0 Å². The average molecular weight is 762 g/mol. The summed E-state index contributed by atoms with van der Waals surface area (Å²) >= 11 is 0. The molecule has 0 spiro atoms. The largest absolute Gasteiger partial charge is 0.458 e. The lowest BCUT2D eigenvalue weighted by atomic mass is 9.34. The summed E-state index contributed by atoms with van der Waals surface area (Å²) in [6, 6.07) is 53.3. The van der Waals surface area contributed by atoms with Crippen molar-refractivity contribution >= 4 is 66.7 Å². The first kappa shape index (κ1) is 36.1. The fourth-order valence-corrected chi connectivity index (χ4v) is 10.6. The molecule has 0 aliphatic carbocycles. The Labute approximate surface area is 334 Å². The normalized spacial score (nSPS) is 12.9. The molecule has 0 amide bonds. The van der Waals surface area contributed by atoms with Gasteiger partial charge in [-0.05, 0) is 82.4 Å². The zero-order valence-electron chi connectivity index (χ0n) is 33.7. The van der Waals surface area contributed by atoms with Gasteiger partial charge in [0, 0.05) is 29.0 Å². The number of fused-ring (bicyclic) bond motifs is 4. The zero-order valence-corrected chi connectivity index (χ0v) is 35.7. The van der Waals surface area contributed by atoms with Gasteiger partial charge in [0.2, 0.25) is 0 Å². The van der Waals surface area contributed by atoms with Gasteiger partial charge in [-0.3, -0.25) is 0 Å². The maximum atomic E-state index is 7.08. The third kappa shape index (κ3) is 6.41. The molecule has 0 N–H and O–H groups in total. The average Bonchev–Trinajstić information content (AvgIpc) is 3.18. The molecular formula is C50H48BNO2Si2. The van der Waals surface area contributed by atoms with Crippen LogP contribution in [0.4, 0.5) is 17.1 Å². The van der Waals surface area contributed by atoms with Gasteiger partial charge in [0.25, 0.3) is 6.71 Å². The summed E-state index contributed by atoms with van der Waals surface area (Å²) in [4.78, 5) is 2.47. The smallest absolute Gasteiger partial charge is 0.260 e. The molecule has 9 rings (SSSR count). The Morgan fingerprint density at radius 3 is 1.27 bits per heavy atom. The highest BCUT2D eigenvalue weighted by Crippen LogP contribution is 2.45. The predicted molar refractivity (Wildman–Crippen MR) is 245 cm³/mol. The van der Waals surface area contributed by atoms with Crippen LogP contribution >= 0.6 is 0 Å². The molecular weight excluding hydrogens is 714 g/mol. The maximum Gasteiger partial charge on any atom is 0.260 e. The van der Waals surface area contributed by atoms with Crippen molar-refractivity contribution in [1.29, 1.82) is 0 Å². The van der Waals surface area contributed by atoms with Crippen LogP contribution in [-0.4, -0.2) is 22.9 Å². The van der Waals surface area contributed by atoms with E-state index < -0.39 is 16.1 Å². The molecule has 0 unspecified atom stereocenters. The molecule has 0 bridgehead atoms. The Morgan fingerprint density at radius 2 is 0.857 bits per heavy atom. The maximum absolute atomic E-state index is 7.08. The van der Waals surface area contributed by atoms with E-state index in [-0.39, 0.29) is 6.71 Å². The second kappa shape index (κ2) is 13.6. The summed E-state index contributed by atoms with van der Waals surface area (Å²) < 4.78 is 14.2. The molecule has 6 heteroatoms. The minimum Gasteiger partial charge on any atom is -0.458 e. The minimum absolute atomic E-state index is 0.0430. The van der Waals surface area contributed by atoms with E-state index in [0.717, 1.165) is 56.2 Å². The van der Waals surface area contributed by atoms with E-state index in [1.165, 1.54) is 44.0 Å². The molecule has 276 valence electrons. The van der Waals surface area contributed by atoms with Crippen LogP contribution in [0.15, 0.2) is 146 Å². The minimum atomic E-state index is -1.65. The van der Waals surface area contributed by atoms with Gasteiger partial charge >= 0.3 is 0 Å². The molecule has 2 aliphatic rings. The number of hydrogen-bond acceptors (Lipinski definition) is 3. The van der Waals surface area contributed by atoms with Crippen LogP contribution in [0.5, 0.6) is 23.0 Å². The van der Waals surface area contributed by atoms with Crippen molar-refractivity contribution in [2.75, 3.05) is 4.90 Å². The molecule has 3 nitrogen and oxygen atoms in total. The first-order chi connectivity index (χ1) is 26.8. The molecule has 0 fully saturated rings. The quantitative estimate of drug-likeness (QED) is 0.151. The topological polar surface area (TPSA) is 21.7 Å². The van der Waals surface area contributed by atoms with Gasteiger partial charge in [0.1, 0.15) is 23.0 Å². The summed E-state index contributed by atoms with van der Waals surface area (Å²) in [6.07, 6.45) is 0. The van der Waals surface area contributed by atoms with Gasteiger partial charge in [-0.1, -0.05) is 159 Å². The van der Waals surface area contributed by atoms with Crippen LogP contribution in [-0.2, 0) is 0 Å². The summed E-state index contributed by atoms with van der Waals surface area (Å²) in [7, 11) is -3.29. The molecule has 0 radical (unpaired) electrons. The third-order valence-corrected chi connectivity index (χ3v) is 15.7. The SMILES string of the molecule is Cc1ccc([Si](C)(C)C)cc1N(c1cc2c3c(c1)Oc1cc(-c4ccccc4)ccc1B3c1ccc(-c3ccccc3)cc1O2)c1cc([Si](C)(C)C)ccc1C. The van der Waals surface area contributed by atoms with Crippen LogP contribution in [0.3, 0.4) is 0 Å². The third-order valence-electron chi connectivity index (χ3n) is 11.6. The Kier molecular flexibility index (Phi) is 8.75. The highest BCUT2D eigenvalue weighted by atomic mass is 28.3. The van der Waals surface area contributed by atoms with Crippen LogP contribution in [0.1, 0.15) is 11.1 Å². The van der Waals surface area contributed by atoms with Gasteiger partial charge in [-0.15, -0.1) is 0 Å².